The predicted octanol–water partition coefficient (Wildman–Crippen LogP) is 0.324. The molecule has 0 aromatic rings. The predicted molar refractivity (Wildman–Crippen MR) is 44.4 cm³/mol. The highest BCUT2D eigenvalue weighted by Gasteiger charge is 2.19. The Morgan fingerprint density at radius 1 is 1.55 bits per heavy atom. The van der Waals surface area contributed by atoms with Crippen molar-refractivity contribution < 1.29 is 9.90 Å². The van der Waals surface area contributed by atoms with Crippen molar-refractivity contribution in [3.63, 3.8) is 0 Å². The van der Waals surface area contributed by atoms with E-state index >= 15 is 0 Å². The van der Waals surface area contributed by atoms with Crippen molar-refractivity contribution >= 4 is 5.78 Å². The third-order valence-electron chi connectivity index (χ3n) is 1.70. The molecule has 2 unspecified atom stereocenters. The summed E-state index contributed by atoms with van der Waals surface area (Å²) >= 11 is 0. The fourth-order valence-electron chi connectivity index (χ4n) is 1.02. The van der Waals surface area contributed by atoms with Gasteiger partial charge < -0.3 is 10.4 Å². The first-order valence-corrected chi connectivity index (χ1v) is 4.05. The van der Waals surface area contributed by atoms with E-state index in [9.17, 15) is 9.90 Å². The maximum Gasteiger partial charge on any atom is 0.159 e. The van der Waals surface area contributed by atoms with Gasteiger partial charge in [0.05, 0.1) is 0 Å². The lowest BCUT2D eigenvalue weighted by Gasteiger charge is -2.19. The van der Waals surface area contributed by atoms with E-state index < -0.39 is 6.10 Å². The van der Waals surface area contributed by atoms with Crippen LogP contribution in [-0.2, 0) is 4.79 Å². The molecule has 0 aromatic heterocycles. The average molecular weight is 159 g/mol. The Bertz CT molecular complexity index is 125. The second kappa shape index (κ2) is 5.27. The molecule has 0 heterocycles. The highest BCUT2D eigenvalue weighted by Crippen LogP contribution is 1.99. The van der Waals surface area contributed by atoms with E-state index in [1.54, 1.807) is 0 Å². The third kappa shape index (κ3) is 3.49. The van der Waals surface area contributed by atoms with Crippen molar-refractivity contribution in [2.24, 2.45) is 0 Å². The van der Waals surface area contributed by atoms with Gasteiger partial charge in [0, 0.05) is 6.04 Å². The fraction of sp³-hybridized carbons (Fsp3) is 0.875. The number of Topliss-reactive ketones (excluding diaryl/α,β-unsaturated/α-hetero) is 1. The van der Waals surface area contributed by atoms with Crippen molar-refractivity contribution in [2.75, 3.05) is 6.54 Å². The third-order valence-corrected chi connectivity index (χ3v) is 1.70. The van der Waals surface area contributed by atoms with Crippen LogP contribution in [0.1, 0.15) is 27.2 Å². The zero-order chi connectivity index (χ0) is 8.85. The van der Waals surface area contributed by atoms with Crippen LogP contribution in [0, 0.1) is 0 Å². The second-order valence-corrected chi connectivity index (χ2v) is 2.63. The number of hydrogen-bond acceptors (Lipinski definition) is 3. The van der Waals surface area contributed by atoms with Gasteiger partial charge in [-0.2, -0.15) is 0 Å². The van der Waals surface area contributed by atoms with Crippen LogP contribution >= 0.6 is 0 Å². The molecule has 0 aromatic carbocycles. The monoisotopic (exact) mass is 159 g/mol. The summed E-state index contributed by atoms with van der Waals surface area (Å²) in [5.41, 5.74) is 0. The van der Waals surface area contributed by atoms with E-state index in [4.69, 9.17) is 0 Å². The summed E-state index contributed by atoms with van der Waals surface area (Å²) in [5, 5.41) is 12.3. The molecule has 0 fully saturated rings. The van der Waals surface area contributed by atoms with Gasteiger partial charge in [0.2, 0.25) is 0 Å². The van der Waals surface area contributed by atoms with Gasteiger partial charge in [0.15, 0.2) is 5.78 Å². The van der Waals surface area contributed by atoms with E-state index in [-0.39, 0.29) is 11.8 Å². The lowest BCUT2D eigenvalue weighted by Crippen LogP contribution is -2.42. The molecule has 0 saturated carbocycles. The zero-order valence-corrected chi connectivity index (χ0v) is 7.42. The van der Waals surface area contributed by atoms with Crippen LogP contribution in [0.15, 0.2) is 0 Å². The van der Waals surface area contributed by atoms with Gasteiger partial charge in [0.1, 0.15) is 6.10 Å². The number of ketones is 1. The van der Waals surface area contributed by atoms with Gasteiger partial charge in [-0.05, 0) is 19.9 Å². The van der Waals surface area contributed by atoms with Gasteiger partial charge in [-0.25, -0.2) is 0 Å². The molecule has 11 heavy (non-hydrogen) atoms. The SMILES string of the molecule is CCNC(CC)C(O)C(C)=O. The van der Waals surface area contributed by atoms with Crippen LogP contribution in [0.4, 0.5) is 0 Å². The van der Waals surface area contributed by atoms with Crippen LogP contribution in [0.3, 0.4) is 0 Å². The van der Waals surface area contributed by atoms with Crippen molar-refractivity contribution in [3.8, 4) is 0 Å². The molecule has 2 N–H and O–H groups in total. The molecular formula is C8H17NO2. The molecule has 0 aliphatic carbocycles. The van der Waals surface area contributed by atoms with Crippen LogP contribution in [-0.4, -0.2) is 29.6 Å². The minimum Gasteiger partial charge on any atom is -0.384 e. The summed E-state index contributed by atoms with van der Waals surface area (Å²) in [7, 11) is 0. The summed E-state index contributed by atoms with van der Waals surface area (Å²) in [4.78, 5) is 10.7. The molecule has 0 bridgehead atoms. The van der Waals surface area contributed by atoms with Gasteiger partial charge in [0.25, 0.3) is 0 Å². The minimum atomic E-state index is -0.847. The Hall–Kier alpha value is -0.410. The largest absolute Gasteiger partial charge is 0.384 e. The molecule has 0 saturated heterocycles. The summed E-state index contributed by atoms with van der Waals surface area (Å²) in [6.07, 6.45) is -0.0749. The Balaban J connectivity index is 3.91. The van der Waals surface area contributed by atoms with E-state index in [1.807, 2.05) is 13.8 Å². The van der Waals surface area contributed by atoms with Gasteiger partial charge >= 0.3 is 0 Å². The van der Waals surface area contributed by atoms with Crippen LogP contribution in [0.25, 0.3) is 0 Å². The molecule has 2 atom stereocenters. The second-order valence-electron chi connectivity index (χ2n) is 2.63. The summed E-state index contributed by atoms with van der Waals surface area (Å²) in [6.45, 7) is 6.09. The van der Waals surface area contributed by atoms with Crippen molar-refractivity contribution in [1.82, 2.24) is 5.32 Å². The summed E-state index contributed by atoms with van der Waals surface area (Å²) in [6, 6.07) is -0.0856. The van der Waals surface area contributed by atoms with E-state index in [0.717, 1.165) is 13.0 Å². The molecule has 3 heteroatoms. The van der Waals surface area contributed by atoms with E-state index in [0.29, 0.717) is 0 Å². The molecule has 3 nitrogen and oxygen atoms in total. The Morgan fingerprint density at radius 2 is 2.09 bits per heavy atom. The number of hydrogen-bond donors (Lipinski definition) is 2. The average Bonchev–Trinajstić information content (AvgIpc) is 1.98. The Kier molecular flexibility index (Phi) is 5.07. The standard InChI is InChI=1S/C8H17NO2/c1-4-7(9-5-2)8(11)6(3)10/h7-9,11H,4-5H2,1-3H3. The maximum absolute atomic E-state index is 10.7. The molecule has 0 rings (SSSR count). The van der Waals surface area contributed by atoms with E-state index in [1.165, 1.54) is 6.92 Å². The first kappa shape index (κ1) is 10.6. The molecule has 66 valence electrons. The van der Waals surface area contributed by atoms with Gasteiger partial charge in [-0.15, -0.1) is 0 Å². The summed E-state index contributed by atoms with van der Waals surface area (Å²) < 4.78 is 0. The molecular weight excluding hydrogens is 142 g/mol. The Morgan fingerprint density at radius 3 is 2.36 bits per heavy atom. The highest BCUT2D eigenvalue weighted by molar-refractivity contribution is 5.80. The molecule has 0 amide bonds. The van der Waals surface area contributed by atoms with Crippen LogP contribution < -0.4 is 5.32 Å². The highest BCUT2D eigenvalue weighted by atomic mass is 16.3. The summed E-state index contributed by atoms with van der Waals surface area (Å²) in [5.74, 6) is -0.169. The first-order chi connectivity index (χ1) is 5.13. The Labute approximate surface area is 67.8 Å². The van der Waals surface area contributed by atoms with Crippen LogP contribution in [0.2, 0.25) is 0 Å². The number of likely N-dealkylation sites (N-methyl/N-ethyl adjacent to an activating group) is 1. The first-order valence-electron chi connectivity index (χ1n) is 4.05. The number of carbonyl (C=O) groups is 1. The van der Waals surface area contributed by atoms with Crippen molar-refractivity contribution in [2.45, 2.75) is 39.3 Å². The van der Waals surface area contributed by atoms with Gasteiger partial charge in [-0.1, -0.05) is 13.8 Å². The topological polar surface area (TPSA) is 49.3 Å². The number of rotatable bonds is 5. The number of aliphatic hydroxyl groups is 1. The molecule has 0 aliphatic heterocycles. The lowest BCUT2D eigenvalue weighted by molar-refractivity contribution is -0.126. The van der Waals surface area contributed by atoms with Gasteiger partial charge in [-0.3, -0.25) is 4.79 Å². The number of carbonyl (C=O) groups excluding carboxylic acids is 1. The minimum absolute atomic E-state index is 0.0856. The lowest BCUT2D eigenvalue weighted by atomic mass is 10.1. The normalized spacial score (nSPS) is 16.0. The van der Waals surface area contributed by atoms with E-state index in [2.05, 4.69) is 5.32 Å². The van der Waals surface area contributed by atoms with Crippen molar-refractivity contribution in [3.05, 3.63) is 0 Å². The number of nitrogens with one attached hydrogen (secondary N) is 1. The van der Waals surface area contributed by atoms with Crippen LogP contribution in [0.5, 0.6) is 0 Å². The number of aliphatic hydroxyl groups excluding tert-OH is 1. The fourth-order valence-corrected chi connectivity index (χ4v) is 1.02. The smallest absolute Gasteiger partial charge is 0.159 e. The van der Waals surface area contributed by atoms with Crippen molar-refractivity contribution in [1.29, 1.82) is 0 Å². The molecule has 0 aliphatic rings. The molecule has 0 radical (unpaired) electrons. The maximum atomic E-state index is 10.7. The zero-order valence-electron chi connectivity index (χ0n) is 7.42. The molecule has 0 spiro atoms. The quantitative estimate of drug-likeness (QED) is 0.607.